The monoisotopic (exact) mass is 364 g/mol. The van der Waals surface area contributed by atoms with Crippen molar-refractivity contribution in [1.29, 1.82) is 5.26 Å². The van der Waals surface area contributed by atoms with E-state index in [9.17, 15) is 15.2 Å². The summed E-state index contributed by atoms with van der Waals surface area (Å²) in [5.74, 6) is 3.70. The van der Waals surface area contributed by atoms with E-state index in [0.717, 1.165) is 17.8 Å². The van der Waals surface area contributed by atoms with Gasteiger partial charge in [-0.1, -0.05) is 19.1 Å². The SMILES string of the molecule is CC1C2CC3CC1CC(C2)C3(CC(=O)N1CC(O)C1)c1cccc(C#N)c1. The number of carbonyl (C=O) groups is 1. The fourth-order valence-electron chi connectivity index (χ4n) is 7.03. The van der Waals surface area contributed by atoms with Crippen LogP contribution in [0.2, 0.25) is 0 Å². The van der Waals surface area contributed by atoms with Crippen molar-refractivity contribution in [2.24, 2.45) is 29.6 Å². The fraction of sp³-hybridized carbons (Fsp3) is 0.652. The van der Waals surface area contributed by atoms with Crippen LogP contribution in [0.4, 0.5) is 0 Å². The van der Waals surface area contributed by atoms with Crippen molar-refractivity contribution >= 4 is 5.91 Å². The van der Waals surface area contributed by atoms with Gasteiger partial charge in [-0.15, -0.1) is 0 Å². The van der Waals surface area contributed by atoms with Gasteiger partial charge in [0.15, 0.2) is 0 Å². The topological polar surface area (TPSA) is 64.3 Å². The molecule has 5 fully saturated rings. The first-order valence-corrected chi connectivity index (χ1v) is 10.5. The second kappa shape index (κ2) is 6.07. The molecule has 142 valence electrons. The quantitative estimate of drug-likeness (QED) is 0.896. The highest BCUT2D eigenvalue weighted by atomic mass is 16.3. The van der Waals surface area contributed by atoms with Crippen LogP contribution in [0.15, 0.2) is 24.3 Å². The van der Waals surface area contributed by atoms with Crippen molar-refractivity contribution in [3.05, 3.63) is 35.4 Å². The van der Waals surface area contributed by atoms with E-state index in [1.165, 1.54) is 31.2 Å². The summed E-state index contributed by atoms with van der Waals surface area (Å²) >= 11 is 0. The zero-order chi connectivity index (χ0) is 18.8. The normalized spacial score (nSPS) is 39.9. The lowest BCUT2D eigenvalue weighted by atomic mass is 9.41. The number of benzene rings is 1. The van der Waals surface area contributed by atoms with Gasteiger partial charge in [-0.25, -0.2) is 0 Å². The lowest BCUT2D eigenvalue weighted by molar-refractivity contribution is -0.151. The summed E-state index contributed by atoms with van der Waals surface area (Å²) in [6.45, 7) is 3.38. The van der Waals surface area contributed by atoms with E-state index in [1.54, 1.807) is 0 Å². The highest BCUT2D eigenvalue weighted by Gasteiger charge is 2.60. The maximum absolute atomic E-state index is 13.1. The summed E-state index contributed by atoms with van der Waals surface area (Å²) < 4.78 is 0. The summed E-state index contributed by atoms with van der Waals surface area (Å²) in [6, 6.07) is 10.3. The number of carbonyl (C=O) groups excluding carboxylic acids is 1. The third kappa shape index (κ3) is 2.48. The molecule has 1 aliphatic heterocycles. The molecule has 0 atom stereocenters. The number of amides is 1. The Hall–Kier alpha value is -1.86. The number of aliphatic hydroxyl groups is 1. The van der Waals surface area contributed by atoms with Gasteiger partial charge in [-0.3, -0.25) is 4.79 Å². The largest absolute Gasteiger partial charge is 0.389 e. The summed E-state index contributed by atoms with van der Waals surface area (Å²) in [5.41, 5.74) is 1.77. The Morgan fingerprint density at radius 2 is 1.85 bits per heavy atom. The Morgan fingerprint density at radius 1 is 1.22 bits per heavy atom. The highest BCUT2D eigenvalue weighted by Crippen LogP contribution is 2.65. The van der Waals surface area contributed by atoms with Crippen LogP contribution in [0.1, 0.15) is 50.2 Å². The van der Waals surface area contributed by atoms with E-state index in [1.807, 2.05) is 23.1 Å². The number of likely N-dealkylation sites (tertiary alicyclic amines) is 1. The van der Waals surface area contributed by atoms with Gasteiger partial charge in [-0.05, 0) is 73.0 Å². The van der Waals surface area contributed by atoms with Gasteiger partial charge >= 0.3 is 0 Å². The minimum Gasteiger partial charge on any atom is -0.389 e. The number of aliphatic hydroxyl groups excluding tert-OH is 1. The second-order valence-corrected chi connectivity index (χ2v) is 9.58. The Labute approximate surface area is 161 Å². The number of rotatable bonds is 3. The van der Waals surface area contributed by atoms with Crippen molar-refractivity contribution < 1.29 is 9.90 Å². The van der Waals surface area contributed by atoms with Crippen LogP contribution in [-0.4, -0.2) is 35.1 Å². The first kappa shape index (κ1) is 17.3. The Morgan fingerprint density at radius 3 is 2.41 bits per heavy atom. The van der Waals surface area contributed by atoms with Crippen molar-refractivity contribution in [2.75, 3.05) is 13.1 Å². The molecule has 0 radical (unpaired) electrons. The van der Waals surface area contributed by atoms with Crippen LogP contribution in [0, 0.1) is 40.9 Å². The van der Waals surface area contributed by atoms with Crippen LogP contribution in [0.5, 0.6) is 0 Å². The van der Waals surface area contributed by atoms with Gasteiger partial charge in [0.2, 0.25) is 5.91 Å². The number of nitriles is 1. The van der Waals surface area contributed by atoms with Gasteiger partial charge in [0.25, 0.3) is 0 Å². The Kier molecular flexibility index (Phi) is 3.88. The predicted octanol–water partition coefficient (Wildman–Crippen LogP) is 3.09. The van der Waals surface area contributed by atoms with Gasteiger partial charge < -0.3 is 10.0 Å². The molecule has 6 rings (SSSR count). The molecule has 4 aliphatic carbocycles. The zero-order valence-corrected chi connectivity index (χ0v) is 16.0. The first-order valence-electron chi connectivity index (χ1n) is 10.5. The zero-order valence-electron chi connectivity index (χ0n) is 16.0. The summed E-state index contributed by atoms with van der Waals surface area (Å²) in [4.78, 5) is 14.9. The predicted molar refractivity (Wildman–Crippen MR) is 102 cm³/mol. The minimum atomic E-state index is -0.355. The van der Waals surface area contributed by atoms with Crippen LogP contribution in [0.25, 0.3) is 0 Å². The fourth-order valence-corrected chi connectivity index (χ4v) is 7.03. The molecule has 1 aromatic carbocycles. The molecule has 1 heterocycles. The Balaban J connectivity index is 1.54. The van der Waals surface area contributed by atoms with Gasteiger partial charge in [0.05, 0.1) is 17.7 Å². The molecule has 1 aromatic rings. The number of hydrogen-bond acceptors (Lipinski definition) is 3. The Bertz CT molecular complexity index is 775. The molecule has 0 spiro atoms. The molecule has 1 N–H and O–H groups in total. The van der Waals surface area contributed by atoms with Crippen LogP contribution >= 0.6 is 0 Å². The molecule has 0 aromatic heterocycles. The standard InChI is InChI=1S/C23H28N2O2/c1-14-16-6-19-8-17(14)9-20(7-16)23(19,10-22(27)25-12-21(26)13-25)18-4-2-3-15(5-18)11-24/h2-5,14,16-17,19-21,26H,6-10,12-13H2,1H3. The molecule has 4 heteroatoms. The number of hydrogen-bond donors (Lipinski definition) is 1. The summed E-state index contributed by atoms with van der Waals surface area (Å²) in [5, 5.41) is 19.0. The molecule has 27 heavy (non-hydrogen) atoms. The van der Waals surface area contributed by atoms with E-state index in [0.29, 0.717) is 36.9 Å². The average Bonchev–Trinajstić information content (AvgIpc) is 2.63. The molecular formula is C23H28N2O2. The molecule has 0 unspecified atom stereocenters. The van der Waals surface area contributed by atoms with Crippen molar-refractivity contribution in [2.45, 2.75) is 50.5 Å². The number of nitrogens with zero attached hydrogens (tertiary/aromatic N) is 2. The van der Waals surface area contributed by atoms with Gasteiger partial charge in [0.1, 0.15) is 0 Å². The smallest absolute Gasteiger partial charge is 0.223 e. The first-order chi connectivity index (χ1) is 13.0. The van der Waals surface area contributed by atoms with Crippen LogP contribution in [0.3, 0.4) is 0 Å². The van der Waals surface area contributed by atoms with Crippen LogP contribution < -0.4 is 0 Å². The average molecular weight is 364 g/mol. The van der Waals surface area contributed by atoms with Crippen molar-refractivity contribution in [1.82, 2.24) is 4.90 Å². The molecule has 4 nitrogen and oxygen atoms in total. The van der Waals surface area contributed by atoms with E-state index < -0.39 is 0 Å². The third-order valence-corrected chi connectivity index (χ3v) is 8.48. The maximum atomic E-state index is 13.1. The van der Waals surface area contributed by atoms with Gasteiger partial charge in [0, 0.05) is 24.9 Å². The lowest BCUT2D eigenvalue weighted by Gasteiger charge is -2.64. The van der Waals surface area contributed by atoms with E-state index in [4.69, 9.17) is 0 Å². The summed E-state index contributed by atoms with van der Waals surface area (Å²) in [6.07, 6.45) is 5.08. The van der Waals surface area contributed by atoms with Crippen molar-refractivity contribution in [3.8, 4) is 6.07 Å². The van der Waals surface area contributed by atoms with E-state index in [2.05, 4.69) is 19.1 Å². The minimum absolute atomic E-state index is 0.127. The molecule has 1 saturated heterocycles. The molecule has 1 amide bonds. The summed E-state index contributed by atoms with van der Waals surface area (Å²) in [7, 11) is 0. The lowest BCUT2D eigenvalue weighted by Crippen LogP contribution is -2.61. The second-order valence-electron chi connectivity index (χ2n) is 9.58. The van der Waals surface area contributed by atoms with Gasteiger partial charge in [-0.2, -0.15) is 5.26 Å². The maximum Gasteiger partial charge on any atom is 0.223 e. The third-order valence-electron chi connectivity index (χ3n) is 8.48. The molecule has 4 bridgehead atoms. The molecule has 5 aliphatic rings. The van der Waals surface area contributed by atoms with Crippen LogP contribution in [-0.2, 0) is 10.2 Å². The van der Waals surface area contributed by atoms with E-state index >= 15 is 0 Å². The van der Waals surface area contributed by atoms with Crippen molar-refractivity contribution in [3.63, 3.8) is 0 Å². The molecule has 4 saturated carbocycles. The molecular weight excluding hydrogens is 336 g/mol. The highest BCUT2D eigenvalue weighted by molar-refractivity contribution is 5.79. The van der Waals surface area contributed by atoms with E-state index in [-0.39, 0.29) is 17.4 Å². The number of β-amino-alcohol motifs (C(OH)–C–C–N with tert-alkyl or cyclic N) is 1.